The van der Waals surface area contributed by atoms with Gasteiger partial charge in [0.25, 0.3) is 0 Å². The average Bonchev–Trinajstić information content (AvgIpc) is 2.11. The second-order valence-electron chi connectivity index (χ2n) is 3.91. The van der Waals surface area contributed by atoms with Gasteiger partial charge >= 0.3 is 0 Å². The van der Waals surface area contributed by atoms with Gasteiger partial charge in [0.05, 0.1) is 0 Å². The Kier molecular flexibility index (Phi) is 6.79. The maximum Gasteiger partial charge on any atom is 0.00166 e. The van der Waals surface area contributed by atoms with Gasteiger partial charge in [0.1, 0.15) is 0 Å². The molecule has 0 radical (unpaired) electrons. The van der Waals surface area contributed by atoms with Crippen molar-refractivity contribution in [2.24, 2.45) is 0 Å². The highest BCUT2D eigenvalue weighted by Gasteiger charge is 1.99. The van der Waals surface area contributed by atoms with Crippen LogP contribution in [0.3, 0.4) is 0 Å². The zero-order valence-corrected chi connectivity index (χ0v) is 9.75. The van der Waals surface area contributed by atoms with Crippen molar-refractivity contribution in [3.8, 4) is 0 Å². The predicted octanol–water partition coefficient (Wildman–Crippen LogP) is 2.02. The zero-order valence-electron chi connectivity index (χ0n) is 8.60. The lowest BCUT2D eigenvalue weighted by Gasteiger charge is -2.17. The number of rotatable bonds is 0. The average molecular weight is 202 g/mol. The van der Waals surface area contributed by atoms with E-state index in [0.29, 0.717) is 0 Å². The lowest BCUT2D eigenvalue weighted by atomic mass is 10.2. The van der Waals surface area contributed by atoms with Gasteiger partial charge in [-0.1, -0.05) is 22.2 Å². The molecule has 78 valence electrons. The van der Waals surface area contributed by atoms with Crippen LogP contribution in [-0.2, 0) is 0 Å². The third-order valence-corrected chi connectivity index (χ3v) is 3.11. The standard InChI is InChI=1S/C10H23N2P/c13-12-9-5-2-1-3-7-11-8-4-6-10-12/h11H,1-10,13H2. The van der Waals surface area contributed by atoms with Crippen molar-refractivity contribution in [1.29, 1.82) is 0 Å². The molecule has 2 nitrogen and oxygen atoms in total. The fraction of sp³-hybridized carbons (Fsp3) is 1.00. The van der Waals surface area contributed by atoms with Crippen molar-refractivity contribution in [2.45, 2.75) is 38.5 Å². The van der Waals surface area contributed by atoms with E-state index in [9.17, 15) is 0 Å². The summed E-state index contributed by atoms with van der Waals surface area (Å²) in [6, 6.07) is 0. The molecule has 0 bridgehead atoms. The summed E-state index contributed by atoms with van der Waals surface area (Å²) in [6.45, 7) is 4.94. The van der Waals surface area contributed by atoms with E-state index in [2.05, 4.69) is 19.4 Å². The van der Waals surface area contributed by atoms with Gasteiger partial charge in [0.2, 0.25) is 0 Å². The maximum absolute atomic E-state index is 3.49. The van der Waals surface area contributed by atoms with Gasteiger partial charge in [-0.05, 0) is 38.8 Å². The lowest BCUT2D eigenvalue weighted by Crippen LogP contribution is -2.20. The fourth-order valence-electron chi connectivity index (χ4n) is 1.72. The normalized spacial score (nSPS) is 24.7. The van der Waals surface area contributed by atoms with Crippen LogP contribution in [0.4, 0.5) is 0 Å². The molecule has 1 saturated heterocycles. The molecule has 13 heavy (non-hydrogen) atoms. The molecular formula is C10H23N2P. The van der Waals surface area contributed by atoms with Crippen molar-refractivity contribution in [3.63, 3.8) is 0 Å². The Morgan fingerprint density at radius 2 is 1.31 bits per heavy atom. The van der Waals surface area contributed by atoms with E-state index in [-0.39, 0.29) is 0 Å². The summed E-state index contributed by atoms with van der Waals surface area (Å²) in [6.07, 6.45) is 8.17. The van der Waals surface area contributed by atoms with E-state index in [1.807, 2.05) is 0 Å². The molecule has 0 aromatic heterocycles. The lowest BCUT2D eigenvalue weighted by molar-refractivity contribution is 0.417. The number of hydrogen-bond donors (Lipinski definition) is 1. The van der Waals surface area contributed by atoms with Crippen LogP contribution in [0.1, 0.15) is 38.5 Å². The van der Waals surface area contributed by atoms with E-state index < -0.39 is 0 Å². The quantitative estimate of drug-likeness (QED) is 0.605. The van der Waals surface area contributed by atoms with Gasteiger partial charge < -0.3 is 5.32 Å². The molecule has 0 spiro atoms. The van der Waals surface area contributed by atoms with Gasteiger partial charge in [-0.3, -0.25) is 4.67 Å². The summed E-state index contributed by atoms with van der Waals surface area (Å²) >= 11 is 0. The van der Waals surface area contributed by atoms with Gasteiger partial charge in [-0.2, -0.15) is 0 Å². The number of nitrogens with zero attached hydrogens (tertiary/aromatic N) is 1. The molecule has 1 rings (SSSR count). The molecule has 0 aromatic rings. The smallest absolute Gasteiger partial charge is 0.00166 e. The van der Waals surface area contributed by atoms with Crippen molar-refractivity contribution in [3.05, 3.63) is 0 Å². The molecule has 0 saturated carbocycles. The van der Waals surface area contributed by atoms with Crippen LogP contribution in [0, 0.1) is 0 Å². The first-order chi connectivity index (χ1) is 6.39. The summed E-state index contributed by atoms with van der Waals surface area (Å²) in [7, 11) is 2.85. The number of hydrogen-bond acceptors (Lipinski definition) is 2. The van der Waals surface area contributed by atoms with Crippen molar-refractivity contribution >= 4 is 9.39 Å². The summed E-state index contributed by atoms with van der Waals surface area (Å²) in [5, 5.41) is 3.49. The van der Waals surface area contributed by atoms with Crippen molar-refractivity contribution in [1.82, 2.24) is 9.99 Å². The van der Waals surface area contributed by atoms with E-state index in [4.69, 9.17) is 0 Å². The molecule has 1 aliphatic rings. The van der Waals surface area contributed by atoms with Crippen LogP contribution in [0.5, 0.6) is 0 Å². The first-order valence-corrected chi connectivity index (χ1v) is 6.11. The highest BCUT2D eigenvalue weighted by Crippen LogP contribution is 2.07. The minimum atomic E-state index is 1.21. The Morgan fingerprint density at radius 3 is 2.08 bits per heavy atom. The maximum atomic E-state index is 3.49. The Bertz CT molecular complexity index is 107. The third kappa shape index (κ3) is 6.42. The molecule has 0 aromatic carbocycles. The molecule has 1 N–H and O–H groups in total. The number of nitrogens with one attached hydrogen (secondary N) is 1. The molecule has 1 aliphatic heterocycles. The largest absolute Gasteiger partial charge is 0.317 e. The summed E-state index contributed by atoms with van der Waals surface area (Å²) in [5.41, 5.74) is 0. The summed E-state index contributed by atoms with van der Waals surface area (Å²) in [5.74, 6) is 0. The van der Waals surface area contributed by atoms with Crippen LogP contribution >= 0.6 is 9.39 Å². The highest BCUT2D eigenvalue weighted by atomic mass is 31.0. The van der Waals surface area contributed by atoms with Crippen LogP contribution in [0.2, 0.25) is 0 Å². The minimum absolute atomic E-state index is 1.21. The molecular weight excluding hydrogens is 179 g/mol. The van der Waals surface area contributed by atoms with Crippen LogP contribution in [0.25, 0.3) is 0 Å². The van der Waals surface area contributed by atoms with Crippen LogP contribution in [0.15, 0.2) is 0 Å². The van der Waals surface area contributed by atoms with E-state index in [1.165, 1.54) is 64.7 Å². The van der Waals surface area contributed by atoms with Gasteiger partial charge in [0, 0.05) is 13.1 Å². The third-order valence-electron chi connectivity index (χ3n) is 2.60. The van der Waals surface area contributed by atoms with Gasteiger partial charge in [-0.25, -0.2) is 0 Å². The zero-order chi connectivity index (χ0) is 9.36. The molecule has 1 fully saturated rings. The molecule has 1 atom stereocenters. The second-order valence-corrected chi connectivity index (χ2v) is 4.64. The first-order valence-electron chi connectivity index (χ1n) is 5.60. The van der Waals surface area contributed by atoms with Crippen LogP contribution < -0.4 is 5.32 Å². The molecule has 1 unspecified atom stereocenters. The fourth-order valence-corrected chi connectivity index (χ4v) is 2.09. The summed E-state index contributed by atoms with van der Waals surface area (Å²) < 4.78 is 2.39. The van der Waals surface area contributed by atoms with Crippen molar-refractivity contribution < 1.29 is 0 Å². The molecule has 0 aliphatic carbocycles. The van der Waals surface area contributed by atoms with Crippen LogP contribution in [-0.4, -0.2) is 30.8 Å². The predicted molar refractivity (Wildman–Crippen MR) is 61.9 cm³/mol. The first kappa shape index (κ1) is 11.4. The van der Waals surface area contributed by atoms with Gasteiger partial charge in [-0.15, -0.1) is 0 Å². The highest BCUT2D eigenvalue weighted by molar-refractivity contribution is 7.13. The van der Waals surface area contributed by atoms with E-state index in [1.54, 1.807) is 0 Å². The summed E-state index contributed by atoms with van der Waals surface area (Å²) in [4.78, 5) is 0. The second kappa shape index (κ2) is 7.73. The SMILES string of the molecule is PN1CCCCCCNCCCC1. The van der Waals surface area contributed by atoms with Crippen molar-refractivity contribution in [2.75, 3.05) is 26.2 Å². The molecule has 0 amide bonds. The topological polar surface area (TPSA) is 15.3 Å². The minimum Gasteiger partial charge on any atom is -0.317 e. The van der Waals surface area contributed by atoms with E-state index >= 15 is 0 Å². The molecule has 3 heteroatoms. The Balaban J connectivity index is 2.11. The van der Waals surface area contributed by atoms with Gasteiger partial charge in [0.15, 0.2) is 0 Å². The molecule has 1 heterocycles. The Morgan fingerprint density at radius 1 is 0.769 bits per heavy atom. The van der Waals surface area contributed by atoms with E-state index in [0.717, 1.165) is 0 Å². The monoisotopic (exact) mass is 202 g/mol. The Labute approximate surface area is 84.7 Å². The Hall–Kier alpha value is 0.350.